The van der Waals surface area contributed by atoms with Gasteiger partial charge >= 0.3 is 0 Å². The molecule has 0 atom stereocenters. The number of pyridine rings is 2. The molecule has 0 N–H and O–H groups in total. The van der Waals surface area contributed by atoms with Crippen molar-refractivity contribution in [1.29, 1.82) is 0 Å². The Morgan fingerprint density at radius 3 is 0.949 bits per heavy atom. The second kappa shape index (κ2) is 25.3. The van der Waals surface area contributed by atoms with Gasteiger partial charge in [-0.2, -0.15) is 0 Å². The van der Waals surface area contributed by atoms with E-state index in [-0.39, 0.29) is 7.43 Å². The third kappa shape index (κ3) is 19.1. The van der Waals surface area contributed by atoms with Crippen LogP contribution in [0.5, 0.6) is 0 Å². The van der Waals surface area contributed by atoms with E-state index < -0.39 is 0 Å². The molecule has 0 aliphatic heterocycles. The molecule has 0 aliphatic carbocycles. The molecule has 0 aliphatic rings. The average molecular weight is 539 g/mol. The van der Waals surface area contributed by atoms with Gasteiger partial charge in [-0.3, -0.25) is 0 Å². The summed E-state index contributed by atoms with van der Waals surface area (Å²) in [4.78, 5) is 0. The number of nitrogens with zero attached hydrogens (tertiary/aromatic N) is 2. The van der Waals surface area contributed by atoms with Crippen LogP contribution >= 0.6 is 0 Å². The van der Waals surface area contributed by atoms with Crippen LogP contribution in [-0.4, -0.2) is 0 Å². The molecule has 2 aromatic heterocycles. The fourth-order valence-corrected chi connectivity index (χ4v) is 5.48. The van der Waals surface area contributed by atoms with E-state index in [1.54, 1.807) is 0 Å². The van der Waals surface area contributed by atoms with Gasteiger partial charge in [-0.05, 0) is 49.7 Å². The molecule has 0 aromatic carbocycles. The minimum atomic E-state index is 0. The Labute approximate surface area is 244 Å². The minimum absolute atomic E-state index is 0. The number of hydrogen-bond acceptors (Lipinski definition) is 0. The maximum Gasteiger partial charge on any atom is 0.169 e. The smallest absolute Gasteiger partial charge is 0.169 e. The van der Waals surface area contributed by atoms with E-state index in [4.69, 9.17) is 0 Å². The van der Waals surface area contributed by atoms with Gasteiger partial charge < -0.3 is 0 Å². The van der Waals surface area contributed by atoms with Crippen LogP contribution in [0.4, 0.5) is 0 Å². The summed E-state index contributed by atoms with van der Waals surface area (Å²) < 4.78 is 4.74. The van der Waals surface area contributed by atoms with Crippen LogP contribution in [0.1, 0.15) is 161 Å². The van der Waals surface area contributed by atoms with Crippen molar-refractivity contribution in [2.45, 2.75) is 176 Å². The Morgan fingerprint density at radius 1 is 0.385 bits per heavy atom. The summed E-state index contributed by atoms with van der Waals surface area (Å²) in [5, 5.41) is 0. The van der Waals surface area contributed by atoms with Gasteiger partial charge in [0.15, 0.2) is 24.8 Å². The van der Waals surface area contributed by atoms with Crippen LogP contribution in [0.3, 0.4) is 0 Å². The Bertz CT molecular complexity index is 698. The quantitative estimate of drug-likeness (QED) is 0.0877. The molecule has 39 heavy (non-hydrogen) atoms. The molecule has 0 amide bonds. The predicted molar refractivity (Wildman–Crippen MR) is 171 cm³/mol. The molecule has 0 radical (unpaired) electrons. The zero-order chi connectivity index (χ0) is 26.9. The molecule has 0 saturated carbocycles. The van der Waals surface area contributed by atoms with Crippen molar-refractivity contribution >= 4 is 0 Å². The molecule has 2 rings (SSSR count). The third-order valence-corrected chi connectivity index (χ3v) is 8.14. The van der Waals surface area contributed by atoms with Crippen molar-refractivity contribution in [2.24, 2.45) is 0 Å². The molecule has 2 aromatic rings. The molecule has 2 heteroatoms. The number of aryl methyl sites for hydroxylation is 4. The average Bonchev–Trinajstić information content (AvgIpc) is 2.94. The van der Waals surface area contributed by atoms with Crippen LogP contribution in [0.2, 0.25) is 0 Å². The van der Waals surface area contributed by atoms with Crippen molar-refractivity contribution in [3.05, 3.63) is 60.2 Å². The van der Waals surface area contributed by atoms with Gasteiger partial charge in [0.05, 0.1) is 0 Å². The van der Waals surface area contributed by atoms with Crippen LogP contribution < -0.4 is 9.13 Å². The second-order valence-corrected chi connectivity index (χ2v) is 11.8. The van der Waals surface area contributed by atoms with E-state index in [0.717, 1.165) is 0 Å². The highest BCUT2D eigenvalue weighted by atomic mass is 14.9. The first kappa shape index (κ1) is 35.3. The van der Waals surface area contributed by atoms with Gasteiger partial charge in [-0.15, -0.1) is 0 Å². The Hall–Kier alpha value is -1.70. The zero-order valence-electron chi connectivity index (χ0n) is 25.5. The fraction of sp³-hybridized carbons (Fsp3) is 0.730. The number of aromatic nitrogens is 2. The van der Waals surface area contributed by atoms with E-state index in [9.17, 15) is 0 Å². The molecular weight excluding hydrogens is 472 g/mol. The molecule has 0 saturated heterocycles. The maximum atomic E-state index is 2.37. The fourth-order valence-electron chi connectivity index (χ4n) is 5.48. The van der Waals surface area contributed by atoms with Crippen molar-refractivity contribution in [3.8, 4) is 0 Å². The monoisotopic (exact) mass is 539 g/mol. The maximum absolute atomic E-state index is 2.37. The van der Waals surface area contributed by atoms with E-state index in [1.807, 2.05) is 0 Å². The standard InChI is InChI=1S/C36H62N2.CH4/c1-3-5-19-23-35-25-31-37(32-26-35)29-21-17-15-13-11-9-7-8-10-12-14-16-18-22-30-38-33-27-36(28-34-38)24-20-6-4-2;/h25-28,31-34H,3-24,29-30H2,1-2H3;1H4/q+2;. The lowest BCUT2D eigenvalue weighted by Crippen LogP contribution is -2.32. The highest BCUT2D eigenvalue weighted by molar-refractivity contribution is 5.07. The zero-order valence-corrected chi connectivity index (χ0v) is 25.5. The van der Waals surface area contributed by atoms with Crippen molar-refractivity contribution in [3.63, 3.8) is 0 Å². The highest BCUT2D eigenvalue weighted by Crippen LogP contribution is 2.13. The predicted octanol–water partition coefficient (Wildman–Crippen LogP) is 10.5. The molecule has 0 spiro atoms. The lowest BCUT2D eigenvalue weighted by molar-refractivity contribution is -0.697. The van der Waals surface area contributed by atoms with Gasteiger partial charge in [0, 0.05) is 37.1 Å². The lowest BCUT2D eigenvalue weighted by atomic mass is 10.0. The van der Waals surface area contributed by atoms with E-state index >= 15 is 0 Å². The Balaban J connectivity index is 0.00000760. The van der Waals surface area contributed by atoms with E-state index in [0.29, 0.717) is 0 Å². The third-order valence-electron chi connectivity index (χ3n) is 8.14. The lowest BCUT2D eigenvalue weighted by Gasteiger charge is -2.04. The molecule has 0 bridgehead atoms. The van der Waals surface area contributed by atoms with Gasteiger partial charge in [0.25, 0.3) is 0 Å². The van der Waals surface area contributed by atoms with Gasteiger partial charge in [-0.1, -0.05) is 111 Å². The number of unbranched alkanes of at least 4 members (excludes halogenated alkanes) is 17. The number of hydrogen-bond donors (Lipinski definition) is 0. The molecule has 0 unspecified atom stereocenters. The first-order valence-corrected chi connectivity index (χ1v) is 16.8. The second-order valence-electron chi connectivity index (χ2n) is 11.8. The largest absolute Gasteiger partial charge is 0.205 e. The van der Waals surface area contributed by atoms with Crippen LogP contribution in [0, 0.1) is 0 Å². The summed E-state index contributed by atoms with van der Waals surface area (Å²) in [6.07, 6.45) is 39.4. The van der Waals surface area contributed by atoms with Gasteiger partial charge in [0.1, 0.15) is 13.1 Å². The molecular formula is C37H66N2+2. The molecule has 0 fully saturated rings. The normalized spacial score (nSPS) is 11.0. The molecule has 2 heterocycles. The summed E-state index contributed by atoms with van der Waals surface area (Å²) in [7, 11) is 0. The summed E-state index contributed by atoms with van der Waals surface area (Å²) in [6, 6.07) is 9.30. The van der Waals surface area contributed by atoms with Gasteiger partial charge in [0.2, 0.25) is 0 Å². The topological polar surface area (TPSA) is 7.76 Å². The van der Waals surface area contributed by atoms with Crippen LogP contribution in [-0.2, 0) is 25.9 Å². The van der Waals surface area contributed by atoms with Gasteiger partial charge in [-0.25, -0.2) is 9.13 Å². The van der Waals surface area contributed by atoms with Crippen molar-refractivity contribution < 1.29 is 9.13 Å². The first-order valence-electron chi connectivity index (χ1n) is 16.8. The molecule has 222 valence electrons. The summed E-state index contributed by atoms with van der Waals surface area (Å²) in [6.45, 7) is 6.91. The first-order chi connectivity index (χ1) is 18.8. The summed E-state index contributed by atoms with van der Waals surface area (Å²) in [5.74, 6) is 0. The SMILES string of the molecule is C.CCCCCc1cc[n+](CCCCCCCCCCCCCCCC[n+]2ccc(CCCCC)cc2)cc1. The van der Waals surface area contributed by atoms with E-state index in [2.05, 4.69) is 72.0 Å². The Morgan fingerprint density at radius 2 is 0.667 bits per heavy atom. The van der Waals surface area contributed by atoms with E-state index in [1.165, 1.54) is 165 Å². The highest BCUT2D eigenvalue weighted by Gasteiger charge is 2.03. The van der Waals surface area contributed by atoms with Crippen molar-refractivity contribution in [1.82, 2.24) is 0 Å². The van der Waals surface area contributed by atoms with Crippen molar-refractivity contribution in [2.75, 3.05) is 0 Å². The number of rotatable bonds is 25. The van der Waals surface area contributed by atoms with Crippen LogP contribution in [0.25, 0.3) is 0 Å². The van der Waals surface area contributed by atoms with Crippen LogP contribution in [0.15, 0.2) is 49.1 Å². The summed E-state index contributed by atoms with van der Waals surface area (Å²) in [5.41, 5.74) is 3.00. The summed E-state index contributed by atoms with van der Waals surface area (Å²) >= 11 is 0. The Kier molecular flexibility index (Phi) is 22.9. The molecule has 2 nitrogen and oxygen atoms in total. The minimum Gasteiger partial charge on any atom is -0.205 e.